The molecule has 0 saturated heterocycles. The number of rotatable bonds is 7. The third kappa shape index (κ3) is 6.56. The van der Waals surface area contributed by atoms with Crippen LogP contribution in [0.5, 0.6) is 5.75 Å². The Labute approximate surface area is 109 Å². The summed E-state index contributed by atoms with van der Waals surface area (Å²) in [5, 5.41) is 5.20. The van der Waals surface area contributed by atoms with Gasteiger partial charge in [-0.3, -0.25) is 0 Å². The van der Waals surface area contributed by atoms with Crippen molar-refractivity contribution in [3.05, 3.63) is 24.3 Å². The standard InChI is InChI=1S/C12H16F2N2O3/c1-18-8-2-7-15-12(17)16-9-3-5-10(6-4-9)19-11(13)14/h3-6,11H,2,7-8H2,1H3,(H2,15,16,17). The molecule has 0 unspecified atom stereocenters. The molecule has 2 amide bonds. The van der Waals surface area contributed by atoms with E-state index in [0.717, 1.165) is 0 Å². The summed E-state index contributed by atoms with van der Waals surface area (Å²) in [5.74, 6) is 0.0426. The Morgan fingerprint density at radius 3 is 2.58 bits per heavy atom. The monoisotopic (exact) mass is 274 g/mol. The third-order valence-electron chi connectivity index (χ3n) is 2.15. The van der Waals surface area contributed by atoms with Crippen molar-refractivity contribution in [3.8, 4) is 5.75 Å². The molecular formula is C12H16F2N2O3. The van der Waals surface area contributed by atoms with Gasteiger partial charge in [-0.25, -0.2) is 4.79 Å². The molecule has 0 aliphatic rings. The van der Waals surface area contributed by atoms with Gasteiger partial charge < -0.3 is 20.1 Å². The van der Waals surface area contributed by atoms with Crippen LogP contribution in [-0.4, -0.2) is 32.9 Å². The lowest BCUT2D eigenvalue weighted by Crippen LogP contribution is -2.29. The summed E-state index contributed by atoms with van der Waals surface area (Å²) in [6, 6.07) is 5.30. The molecule has 0 bridgehead atoms. The number of methoxy groups -OCH3 is 1. The second-order valence-electron chi connectivity index (χ2n) is 3.63. The summed E-state index contributed by atoms with van der Waals surface area (Å²) in [6.07, 6.45) is 0.713. The highest BCUT2D eigenvalue weighted by atomic mass is 19.3. The topological polar surface area (TPSA) is 59.6 Å². The molecule has 0 aliphatic heterocycles. The molecule has 0 aliphatic carbocycles. The van der Waals surface area contributed by atoms with E-state index >= 15 is 0 Å². The van der Waals surface area contributed by atoms with Gasteiger partial charge in [0.1, 0.15) is 5.75 Å². The summed E-state index contributed by atoms with van der Waals surface area (Å²) in [4.78, 5) is 11.4. The van der Waals surface area contributed by atoms with E-state index in [1.54, 1.807) is 7.11 Å². The molecule has 1 aromatic carbocycles. The van der Waals surface area contributed by atoms with Crippen molar-refractivity contribution < 1.29 is 23.0 Å². The Morgan fingerprint density at radius 1 is 1.32 bits per heavy atom. The average Bonchev–Trinajstić information content (AvgIpc) is 2.36. The van der Waals surface area contributed by atoms with Crippen molar-refractivity contribution in [2.45, 2.75) is 13.0 Å². The molecule has 2 N–H and O–H groups in total. The number of amides is 2. The highest BCUT2D eigenvalue weighted by Crippen LogP contribution is 2.17. The lowest BCUT2D eigenvalue weighted by atomic mass is 10.3. The molecule has 0 spiro atoms. The summed E-state index contributed by atoms with van der Waals surface area (Å²) >= 11 is 0. The average molecular weight is 274 g/mol. The number of urea groups is 1. The molecule has 0 saturated carbocycles. The summed E-state index contributed by atoms with van der Waals surface area (Å²) in [6.45, 7) is -1.80. The second-order valence-corrected chi connectivity index (χ2v) is 3.63. The number of nitrogens with one attached hydrogen (secondary N) is 2. The molecule has 0 aromatic heterocycles. The Kier molecular flexibility index (Phi) is 6.59. The van der Waals surface area contributed by atoms with E-state index < -0.39 is 6.61 Å². The molecule has 0 heterocycles. The van der Waals surface area contributed by atoms with Crippen molar-refractivity contribution in [2.24, 2.45) is 0 Å². The fourth-order valence-electron chi connectivity index (χ4n) is 1.31. The van der Waals surface area contributed by atoms with E-state index in [1.165, 1.54) is 24.3 Å². The lowest BCUT2D eigenvalue weighted by molar-refractivity contribution is -0.0498. The quantitative estimate of drug-likeness (QED) is 0.751. The van der Waals surface area contributed by atoms with Gasteiger partial charge in [0, 0.05) is 25.9 Å². The van der Waals surface area contributed by atoms with Crippen LogP contribution in [0.2, 0.25) is 0 Å². The van der Waals surface area contributed by atoms with E-state index in [1.807, 2.05) is 0 Å². The highest BCUT2D eigenvalue weighted by molar-refractivity contribution is 5.89. The van der Waals surface area contributed by atoms with Crippen LogP contribution in [0.25, 0.3) is 0 Å². The van der Waals surface area contributed by atoms with Gasteiger partial charge in [-0.2, -0.15) is 8.78 Å². The minimum atomic E-state index is -2.86. The first-order valence-electron chi connectivity index (χ1n) is 5.70. The van der Waals surface area contributed by atoms with Gasteiger partial charge in [-0.15, -0.1) is 0 Å². The molecule has 5 nitrogen and oxygen atoms in total. The fourth-order valence-corrected chi connectivity index (χ4v) is 1.31. The summed E-state index contributed by atoms with van der Waals surface area (Å²) < 4.78 is 32.9. The first-order valence-corrected chi connectivity index (χ1v) is 5.70. The second kappa shape index (κ2) is 8.25. The Balaban J connectivity index is 2.34. The molecular weight excluding hydrogens is 258 g/mol. The van der Waals surface area contributed by atoms with E-state index in [-0.39, 0.29) is 11.8 Å². The highest BCUT2D eigenvalue weighted by Gasteiger charge is 2.05. The summed E-state index contributed by atoms with van der Waals surface area (Å²) in [5.41, 5.74) is 0.492. The number of hydrogen-bond acceptors (Lipinski definition) is 3. The smallest absolute Gasteiger partial charge is 0.387 e. The first-order chi connectivity index (χ1) is 9.11. The summed E-state index contributed by atoms with van der Waals surface area (Å²) in [7, 11) is 1.59. The zero-order valence-electron chi connectivity index (χ0n) is 10.5. The number of carbonyl (C=O) groups is 1. The Hall–Kier alpha value is -1.89. The third-order valence-corrected chi connectivity index (χ3v) is 2.15. The van der Waals surface area contributed by atoms with Crippen molar-refractivity contribution in [2.75, 3.05) is 25.6 Å². The number of alkyl halides is 2. The van der Waals surface area contributed by atoms with Crippen LogP contribution in [0.1, 0.15) is 6.42 Å². The van der Waals surface area contributed by atoms with Crippen LogP contribution >= 0.6 is 0 Å². The van der Waals surface area contributed by atoms with Crippen LogP contribution in [-0.2, 0) is 4.74 Å². The normalized spacial score (nSPS) is 10.3. The predicted molar refractivity (Wildman–Crippen MR) is 66.6 cm³/mol. The number of carbonyl (C=O) groups excluding carboxylic acids is 1. The molecule has 0 radical (unpaired) electrons. The first kappa shape index (κ1) is 15.2. The van der Waals surface area contributed by atoms with Crippen molar-refractivity contribution >= 4 is 11.7 Å². The molecule has 7 heteroatoms. The van der Waals surface area contributed by atoms with Gasteiger partial charge in [0.25, 0.3) is 0 Å². The maximum Gasteiger partial charge on any atom is 0.387 e. The Morgan fingerprint density at radius 2 is 2.00 bits per heavy atom. The molecule has 0 fully saturated rings. The molecule has 1 rings (SSSR count). The molecule has 1 aromatic rings. The van der Waals surface area contributed by atoms with Gasteiger partial charge >= 0.3 is 12.6 Å². The van der Waals surface area contributed by atoms with E-state index in [2.05, 4.69) is 15.4 Å². The maximum atomic E-state index is 11.9. The largest absolute Gasteiger partial charge is 0.435 e. The van der Waals surface area contributed by atoms with Gasteiger partial charge in [0.05, 0.1) is 0 Å². The Bertz CT molecular complexity index is 385. The van der Waals surface area contributed by atoms with E-state index in [4.69, 9.17) is 4.74 Å². The van der Waals surface area contributed by atoms with Crippen molar-refractivity contribution in [1.82, 2.24) is 5.32 Å². The van der Waals surface area contributed by atoms with Crippen LogP contribution in [0.3, 0.4) is 0 Å². The minimum Gasteiger partial charge on any atom is -0.435 e. The SMILES string of the molecule is COCCCNC(=O)Nc1ccc(OC(F)F)cc1. The van der Waals surface area contributed by atoms with Crippen molar-refractivity contribution in [1.29, 1.82) is 0 Å². The van der Waals surface area contributed by atoms with Crippen LogP contribution in [0.15, 0.2) is 24.3 Å². The van der Waals surface area contributed by atoms with E-state index in [9.17, 15) is 13.6 Å². The predicted octanol–water partition coefficient (Wildman–Crippen LogP) is 2.45. The lowest BCUT2D eigenvalue weighted by Gasteiger charge is -2.08. The maximum absolute atomic E-state index is 11.9. The molecule has 106 valence electrons. The van der Waals surface area contributed by atoms with Gasteiger partial charge in [-0.1, -0.05) is 0 Å². The van der Waals surface area contributed by atoms with Crippen LogP contribution < -0.4 is 15.4 Å². The number of anilines is 1. The van der Waals surface area contributed by atoms with Crippen molar-refractivity contribution in [3.63, 3.8) is 0 Å². The number of halogens is 2. The minimum absolute atomic E-state index is 0.0426. The number of hydrogen-bond donors (Lipinski definition) is 2. The zero-order chi connectivity index (χ0) is 14.1. The zero-order valence-corrected chi connectivity index (χ0v) is 10.5. The number of ether oxygens (including phenoxy) is 2. The fraction of sp³-hybridized carbons (Fsp3) is 0.417. The van der Waals surface area contributed by atoms with Gasteiger partial charge in [-0.05, 0) is 30.7 Å². The molecule has 19 heavy (non-hydrogen) atoms. The van der Waals surface area contributed by atoms with Gasteiger partial charge in [0.15, 0.2) is 0 Å². The number of benzene rings is 1. The molecule has 0 atom stereocenters. The van der Waals surface area contributed by atoms with E-state index in [0.29, 0.717) is 25.3 Å². The van der Waals surface area contributed by atoms with Crippen LogP contribution in [0.4, 0.5) is 19.3 Å². The van der Waals surface area contributed by atoms with Gasteiger partial charge in [0.2, 0.25) is 0 Å². The van der Waals surface area contributed by atoms with Crippen LogP contribution in [0, 0.1) is 0 Å².